The van der Waals surface area contributed by atoms with Crippen LogP contribution in [0.2, 0.25) is 0 Å². The summed E-state index contributed by atoms with van der Waals surface area (Å²) in [5.74, 6) is -2.83. The van der Waals surface area contributed by atoms with Gasteiger partial charge in [0.15, 0.2) is 5.17 Å². The second kappa shape index (κ2) is 12.3. The summed E-state index contributed by atoms with van der Waals surface area (Å²) in [6.07, 6.45) is 3.56. The lowest BCUT2D eigenvalue weighted by Crippen LogP contribution is -2.36. The van der Waals surface area contributed by atoms with E-state index in [2.05, 4.69) is 15.6 Å². The summed E-state index contributed by atoms with van der Waals surface area (Å²) in [4.78, 5) is 39.5. The fourth-order valence-electron chi connectivity index (χ4n) is 3.56. The van der Waals surface area contributed by atoms with E-state index < -0.39 is 12.1 Å². The third-order valence-corrected chi connectivity index (χ3v) is 6.30. The number of aliphatic carboxylic acids is 1. The highest BCUT2D eigenvalue weighted by molar-refractivity contribution is 8.15. The Hall–Kier alpha value is -1.82. The monoisotopic (exact) mass is 466 g/mol. The molecule has 0 spiro atoms. The van der Waals surface area contributed by atoms with Gasteiger partial charge in [0.2, 0.25) is 5.91 Å². The van der Waals surface area contributed by atoms with Gasteiger partial charge in [0.25, 0.3) is 5.91 Å². The first kappa shape index (κ1) is 25.4. The summed E-state index contributed by atoms with van der Waals surface area (Å²) in [6, 6.07) is 0.428. The van der Waals surface area contributed by atoms with E-state index >= 15 is 0 Å². The summed E-state index contributed by atoms with van der Waals surface area (Å²) < 4.78 is 31.7. The van der Waals surface area contributed by atoms with Crippen LogP contribution in [0.15, 0.2) is 4.99 Å². The summed E-state index contributed by atoms with van der Waals surface area (Å²) in [5.41, 5.74) is 0. The molecule has 0 bridgehead atoms. The zero-order valence-electron chi connectivity index (χ0n) is 17.2. The Morgan fingerprint density at radius 1 is 1.13 bits per heavy atom. The Morgan fingerprint density at radius 3 is 2.39 bits per heavy atom. The number of amides is 2. The van der Waals surface area contributed by atoms with Crippen LogP contribution in [0.25, 0.3) is 0 Å². The average Bonchev–Trinajstić information content (AvgIpc) is 2.95. The zero-order valence-corrected chi connectivity index (χ0v) is 18.1. The number of carboxylic acids is 1. The number of amidine groups is 1. The lowest BCUT2D eigenvalue weighted by atomic mass is 10.1. The minimum Gasteiger partial charge on any atom is -0.475 e. The molecular weight excluding hydrogens is 437 g/mol. The number of carbonyl (C=O) groups is 3. The van der Waals surface area contributed by atoms with Gasteiger partial charge < -0.3 is 20.6 Å². The van der Waals surface area contributed by atoms with Gasteiger partial charge in [-0.1, -0.05) is 37.4 Å². The van der Waals surface area contributed by atoms with Crippen LogP contribution < -0.4 is 10.6 Å². The Bertz CT molecular complexity index is 659. The molecule has 8 nitrogen and oxygen atoms in total. The largest absolute Gasteiger partial charge is 0.490 e. The highest BCUT2D eigenvalue weighted by Crippen LogP contribution is 2.26. The average molecular weight is 467 g/mol. The van der Waals surface area contributed by atoms with Gasteiger partial charge in [0.1, 0.15) is 5.25 Å². The second-order valence-electron chi connectivity index (χ2n) is 7.69. The van der Waals surface area contributed by atoms with Gasteiger partial charge in [-0.05, 0) is 25.8 Å². The molecule has 2 amide bonds. The number of nitrogens with one attached hydrogen (secondary N) is 2. The van der Waals surface area contributed by atoms with Gasteiger partial charge in [-0.25, -0.2) is 4.79 Å². The predicted molar refractivity (Wildman–Crippen MR) is 111 cm³/mol. The molecule has 2 fully saturated rings. The Balaban J connectivity index is 0.000000423. The SMILES string of the molecule is O=C(O)C(F)(F)F.O=C1N=C(NC2CCCCCC2)SC1CC(=O)N1CCCNCC1. The molecule has 176 valence electrons. The van der Waals surface area contributed by atoms with E-state index in [0.29, 0.717) is 6.04 Å². The lowest BCUT2D eigenvalue weighted by molar-refractivity contribution is -0.192. The van der Waals surface area contributed by atoms with Crippen molar-refractivity contribution >= 4 is 34.7 Å². The van der Waals surface area contributed by atoms with Crippen molar-refractivity contribution in [2.45, 2.75) is 68.8 Å². The molecule has 1 saturated carbocycles. The molecule has 2 aliphatic heterocycles. The quantitative estimate of drug-likeness (QED) is 0.547. The van der Waals surface area contributed by atoms with E-state index in [1.165, 1.54) is 37.4 Å². The van der Waals surface area contributed by atoms with Crippen LogP contribution in [-0.2, 0) is 14.4 Å². The van der Waals surface area contributed by atoms with Crippen molar-refractivity contribution in [1.82, 2.24) is 15.5 Å². The van der Waals surface area contributed by atoms with Gasteiger partial charge in [0.05, 0.1) is 0 Å². The van der Waals surface area contributed by atoms with Crippen LogP contribution in [0.3, 0.4) is 0 Å². The van der Waals surface area contributed by atoms with Crippen molar-refractivity contribution in [1.29, 1.82) is 0 Å². The van der Waals surface area contributed by atoms with E-state index in [0.717, 1.165) is 50.6 Å². The molecule has 1 atom stereocenters. The molecule has 1 saturated heterocycles. The van der Waals surface area contributed by atoms with Gasteiger partial charge >= 0.3 is 12.1 Å². The Kier molecular flexibility index (Phi) is 10.1. The molecule has 31 heavy (non-hydrogen) atoms. The fraction of sp³-hybridized carbons (Fsp3) is 0.789. The highest BCUT2D eigenvalue weighted by atomic mass is 32.2. The van der Waals surface area contributed by atoms with Crippen molar-refractivity contribution in [3.8, 4) is 0 Å². The number of carboxylic acid groups (broad SMARTS) is 1. The minimum absolute atomic E-state index is 0.0791. The standard InChI is InChI=1S/C17H28N4O2S.C2HF3O2/c22-15(21-10-5-8-18-9-11-21)12-14-16(23)20-17(24-14)19-13-6-3-1-2-4-7-13;3-2(4,5)1(6)7/h13-14,18H,1-12H2,(H,19,20,23);(H,6,7). The minimum atomic E-state index is -5.08. The number of nitrogens with zero attached hydrogens (tertiary/aromatic N) is 2. The number of aliphatic imine (C=N–C) groups is 1. The van der Waals surface area contributed by atoms with Crippen LogP contribution in [0.4, 0.5) is 13.2 Å². The normalized spacial score (nSPS) is 23.2. The topological polar surface area (TPSA) is 111 Å². The third-order valence-electron chi connectivity index (χ3n) is 5.22. The first-order valence-electron chi connectivity index (χ1n) is 10.5. The second-order valence-corrected chi connectivity index (χ2v) is 8.88. The van der Waals surface area contributed by atoms with Crippen molar-refractivity contribution < 1.29 is 32.7 Å². The molecule has 0 aromatic carbocycles. The Morgan fingerprint density at radius 2 is 1.77 bits per heavy atom. The van der Waals surface area contributed by atoms with E-state index in [1.54, 1.807) is 0 Å². The molecule has 2 heterocycles. The maximum Gasteiger partial charge on any atom is 0.490 e. The molecule has 0 radical (unpaired) electrons. The van der Waals surface area contributed by atoms with E-state index in [-0.39, 0.29) is 23.5 Å². The molecular formula is C19H29F3N4O4S. The molecule has 1 unspecified atom stereocenters. The van der Waals surface area contributed by atoms with Crippen LogP contribution >= 0.6 is 11.8 Å². The summed E-state index contributed by atoms with van der Waals surface area (Å²) in [6.45, 7) is 3.31. The number of halogens is 3. The molecule has 0 aromatic rings. The number of alkyl halides is 3. The lowest BCUT2D eigenvalue weighted by Gasteiger charge is -2.21. The smallest absolute Gasteiger partial charge is 0.475 e. The number of hydrogen-bond acceptors (Lipinski definition) is 6. The van der Waals surface area contributed by atoms with E-state index in [4.69, 9.17) is 9.90 Å². The molecule has 3 rings (SSSR count). The van der Waals surface area contributed by atoms with Crippen LogP contribution in [0.5, 0.6) is 0 Å². The molecule has 12 heteroatoms. The van der Waals surface area contributed by atoms with Crippen molar-refractivity contribution in [2.24, 2.45) is 4.99 Å². The van der Waals surface area contributed by atoms with Crippen LogP contribution in [-0.4, -0.2) is 76.6 Å². The molecule has 1 aliphatic carbocycles. The van der Waals surface area contributed by atoms with Crippen molar-refractivity contribution in [3.63, 3.8) is 0 Å². The number of hydrogen-bond donors (Lipinski definition) is 3. The van der Waals surface area contributed by atoms with Gasteiger partial charge in [-0.15, -0.1) is 0 Å². The molecule has 3 N–H and O–H groups in total. The Labute approximate surface area is 183 Å². The maximum absolute atomic E-state index is 12.5. The first-order valence-corrected chi connectivity index (χ1v) is 11.4. The number of carbonyl (C=O) groups excluding carboxylic acids is 2. The highest BCUT2D eigenvalue weighted by Gasteiger charge is 2.38. The third kappa shape index (κ3) is 9.06. The first-order chi connectivity index (χ1) is 14.7. The summed E-state index contributed by atoms with van der Waals surface area (Å²) >= 11 is 1.44. The van der Waals surface area contributed by atoms with Gasteiger partial charge in [0, 0.05) is 32.1 Å². The van der Waals surface area contributed by atoms with E-state index in [1.807, 2.05) is 4.90 Å². The van der Waals surface area contributed by atoms with Crippen LogP contribution in [0, 0.1) is 0 Å². The molecule has 0 aromatic heterocycles. The predicted octanol–water partition coefficient (Wildman–Crippen LogP) is 2.14. The zero-order chi connectivity index (χ0) is 22.9. The van der Waals surface area contributed by atoms with Gasteiger partial charge in [-0.2, -0.15) is 18.2 Å². The molecule has 3 aliphatic rings. The maximum atomic E-state index is 12.5. The van der Waals surface area contributed by atoms with Gasteiger partial charge in [-0.3, -0.25) is 9.59 Å². The van der Waals surface area contributed by atoms with Crippen molar-refractivity contribution in [2.75, 3.05) is 26.2 Å². The fourth-order valence-corrected chi connectivity index (χ4v) is 4.59. The van der Waals surface area contributed by atoms with Crippen molar-refractivity contribution in [3.05, 3.63) is 0 Å². The van der Waals surface area contributed by atoms with Crippen LogP contribution in [0.1, 0.15) is 51.4 Å². The number of rotatable bonds is 3. The summed E-state index contributed by atoms with van der Waals surface area (Å²) in [7, 11) is 0. The number of thioether (sulfide) groups is 1. The summed E-state index contributed by atoms with van der Waals surface area (Å²) in [5, 5.41) is 14.2. The van der Waals surface area contributed by atoms with E-state index in [9.17, 15) is 22.8 Å².